The molecular weight excluding hydrogens is 431 g/mol. The summed E-state index contributed by atoms with van der Waals surface area (Å²) in [4.78, 5) is 13.3. The van der Waals surface area contributed by atoms with Gasteiger partial charge in [-0.2, -0.15) is 0 Å². The highest BCUT2D eigenvalue weighted by molar-refractivity contribution is 7.98. The fraction of sp³-hybridized carbons (Fsp3) is 0.174. The molecule has 4 aromatic rings. The zero-order chi connectivity index (χ0) is 21.6. The maximum atomic E-state index is 13.2. The smallest absolute Gasteiger partial charge is 0.225 e. The minimum atomic E-state index is -0.253. The third kappa shape index (κ3) is 5.59. The lowest BCUT2D eigenvalue weighted by atomic mass is 10.2. The van der Waals surface area contributed by atoms with E-state index in [2.05, 4.69) is 15.5 Å². The van der Waals surface area contributed by atoms with Gasteiger partial charge in [0.05, 0.1) is 13.0 Å². The first kappa shape index (κ1) is 21.3. The Bertz CT molecular complexity index is 1140. The van der Waals surface area contributed by atoms with Crippen molar-refractivity contribution in [3.05, 3.63) is 93.7 Å². The standard InChI is InChI=1S/C23H21FN4OS2/c1-16-4-10-19(11-5-16)28-21(14-25-22(29)13-20-3-2-12-30-20)26-27-23(28)31-15-17-6-8-18(24)9-7-17/h2-12H,13-15H2,1H3,(H,25,29). The second kappa shape index (κ2) is 9.89. The number of nitrogens with one attached hydrogen (secondary N) is 1. The van der Waals surface area contributed by atoms with E-state index in [0.717, 1.165) is 26.8 Å². The van der Waals surface area contributed by atoms with Crippen LogP contribution in [0.5, 0.6) is 0 Å². The molecule has 0 aliphatic heterocycles. The van der Waals surface area contributed by atoms with Crippen LogP contribution in [0.4, 0.5) is 4.39 Å². The second-order valence-corrected chi connectivity index (χ2v) is 8.99. The van der Waals surface area contributed by atoms with Gasteiger partial charge in [-0.25, -0.2) is 4.39 Å². The molecule has 0 bridgehead atoms. The average molecular weight is 453 g/mol. The quantitative estimate of drug-likeness (QED) is 0.385. The lowest BCUT2D eigenvalue weighted by Gasteiger charge is -2.11. The lowest BCUT2D eigenvalue weighted by molar-refractivity contribution is -0.120. The number of nitrogens with zero attached hydrogens (tertiary/aromatic N) is 3. The lowest BCUT2D eigenvalue weighted by Crippen LogP contribution is -2.26. The Labute approximate surface area is 188 Å². The molecule has 1 amide bonds. The molecule has 0 aliphatic carbocycles. The van der Waals surface area contributed by atoms with E-state index in [1.807, 2.05) is 53.3 Å². The van der Waals surface area contributed by atoms with E-state index in [4.69, 9.17) is 0 Å². The minimum absolute atomic E-state index is 0.0542. The molecule has 2 aromatic heterocycles. The van der Waals surface area contributed by atoms with Crippen molar-refractivity contribution in [3.8, 4) is 5.69 Å². The van der Waals surface area contributed by atoms with Crippen LogP contribution in [0.2, 0.25) is 0 Å². The number of thioether (sulfide) groups is 1. The highest BCUT2D eigenvalue weighted by Crippen LogP contribution is 2.25. The van der Waals surface area contributed by atoms with Crippen LogP contribution in [0.1, 0.15) is 21.8 Å². The van der Waals surface area contributed by atoms with Gasteiger partial charge in [-0.1, -0.05) is 47.7 Å². The number of rotatable bonds is 8. The Balaban J connectivity index is 1.52. The van der Waals surface area contributed by atoms with Crippen LogP contribution in [0.15, 0.2) is 71.2 Å². The number of halogens is 1. The Kier molecular flexibility index (Phi) is 6.79. The first-order valence-electron chi connectivity index (χ1n) is 9.76. The summed E-state index contributed by atoms with van der Waals surface area (Å²) in [6, 6.07) is 18.4. The maximum Gasteiger partial charge on any atom is 0.225 e. The molecule has 0 saturated carbocycles. The van der Waals surface area contributed by atoms with Gasteiger partial charge in [0.25, 0.3) is 0 Å². The summed E-state index contributed by atoms with van der Waals surface area (Å²) in [5.41, 5.74) is 3.08. The molecule has 8 heteroatoms. The van der Waals surface area contributed by atoms with Crippen LogP contribution >= 0.6 is 23.1 Å². The average Bonchev–Trinajstić information content (AvgIpc) is 3.42. The predicted molar refractivity (Wildman–Crippen MR) is 122 cm³/mol. The minimum Gasteiger partial charge on any atom is -0.348 e. The van der Waals surface area contributed by atoms with Gasteiger partial charge in [0.15, 0.2) is 11.0 Å². The third-order valence-corrected chi connectivity index (χ3v) is 6.51. The number of thiophene rings is 1. The zero-order valence-electron chi connectivity index (χ0n) is 16.9. The SMILES string of the molecule is Cc1ccc(-n2c(CNC(=O)Cc3cccs3)nnc2SCc2ccc(F)cc2)cc1. The summed E-state index contributed by atoms with van der Waals surface area (Å²) < 4.78 is 15.1. The van der Waals surface area contributed by atoms with Crippen molar-refractivity contribution >= 4 is 29.0 Å². The molecule has 158 valence electrons. The molecule has 1 N–H and O–H groups in total. The van der Waals surface area contributed by atoms with Gasteiger partial charge in [0.2, 0.25) is 5.91 Å². The summed E-state index contributed by atoms with van der Waals surface area (Å²) in [6.07, 6.45) is 0.350. The van der Waals surface area contributed by atoms with Crippen molar-refractivity contribution in [1.82, 2.24) is 20.1 Å². The summed E-state index contributed by atoms with van der Waals surface area (Å²) in [6.45, 7) is 2.31. The number of benzene rings is 2. The van der Waals surface area contributed by atoms with Crippen LogP contribution in [-0.4, -0.2) is 20.7 Å². The van der Waals surface area contributed by atoms with Crippen LogP contribution in [0, 0.1) is 12.7 Å². The van der Waals surface area contributed by atoms with E-state index < -0.39 is 0 Å². The molecule has 5 nitrogen and oxygen atoms in total. The number of hydrogen-bond acceptors (Lipinski definition) is 5. The van der Waals surface area contributed by atoms with Crippen LogP contribution in [0.3, 0.4) is 0 Å². The van der Waals surface area contributed by atoms with E-state index in [0.29, 0.717) is 18.0 Å². The van der Waals surface area contributed by atoms with Gasteiger partial charge < -0.3 is 5.32 Å². The fourth-order valence-electron chi connectivity index (χ4n) is 3.00. The van der Waals surface area contributed by atoms with Crippen LogP contribution in [0.25, 0.3) is 5.69 Å². The van der Waals surface area contributed by atoms with E-state index >= 15 is 0 Å². The topological polar surface area (TPSA) is 59.8 Å². The Hall–Kier alpha value is -2.97. The molecule has 4 rings (SSSR count). The Morgan fingerprint density at radius 3 is 2.58 bits per heavy atom. The van der Waals surface area contributed by atoms with Crippen molar-refractivity contribution in [3.63, 3.8) is 0 Å². The van der Waals surface area contributed by atoms with Crippen molar-refractivity contribution in [1.29, 1.82) is 0 Å². The molecule has 0 aliphatic rings. The van der Waals surface area contributed by atoms with Gasteiger partial charge in [-0.05, 0) is 48.2 Å². The first-order valence-corrected chi connectivity index (χ1v) is 11.6. The van der Waals surface area contributed by atoms with Crippen molar-refractivity contribution in [2.75, 3.05) is 0 Å². The van der Waals surface area contributed by atoms with Gasteiger partial charge in [-0.15, -0.1) is 21.5 Å². The van der Waals surface area contributed by atoms with E-state index in [1.165, 1.54) is 23.9 Å². The normalized spacial score (nSPS) is 10.9. The van der Waals surface area contributed by atoms with Crippen molar-refractivity contribution in [2.45, 2.75) is 30.8 Å². The molecule has 0 radical (unpaired) electrons. The largest absolute Gasteiger partial charge is 0.348 e. The number of carbonyl (C=O) groups is 1. The monoisotopic (exact) mass is 452 g/mol. The highest BCUT2D eigenvalue weighted by Gasteiger charge is 2.16. The summed E-state index contributed by atoms with van der Waals surface area (Å²) >= 11 is 3.08. The van der Waals surface area contributed by atoms with Crippen molar-refractivity contribution < 1.29 is 9.18 Å². The molecule has 0 unspecified atom stereocenters. The third-order valence-electron chi connectivity index (χ3n) is 4.63. The van der Waals surface area contributed by atoms with E-state index in [-0.39, 0.29) is 18.3 Å². The van der Waals surface area contributed by atoms with Gasteiger partial charge in [-0.3, -0.25) is 9.36 Å². The molecule has 2 heterocycles. The number of amides is 1. The van der Waals surface area contributed by atoms with Crippen molar-refractivity contribution in [2.24, 2.45) is 0 Å². The number of aryl methyl sites for hydroxylation is 1. The highest BCUT2D eigenvalue weighted by atomic mass is 32.2. The van der Waals surface area contributed by atoms with Gasteiger partial charge >= 0.3 is 0 Å². The van der Waals surface area contributed by atoms with Crippen LogP contribution < -0.4 is 5.32 Å². The molecular formula is C23H21FN4OS2. The summed E-state index contributed by atoms with van der Waals surface area (Å²) in [7, 11) is 0. The first-order chi connectivity index (χ1) is 15.1. The summed E-state index contributed by atoms with van der Waals surface area (Å²) in [5, 5.41) is 14.3. The Morgan fingerprint density at radius 1 is 1.10 bits per heavy atom. The number of carbonyl (C=O) groups excluding carboxylic acids is 1. The zero-order valence-corrected chi connectivity index (χ0v) is 18.5. The van der Waals surface area contributed by atoms with E-state index in [1.54, 1.807) is 23.5 Å². The van der Waals surface area contributed by atoms with Gasteiger partial charge in [0, 0.05) is 16.3 Å². The summed E-state index contributed by atoms with van der Waals surface area (Å²) in [5.74, 6) is 0.984. The number of hydrogen-bond donors (Lipinski definition) is 1. The molecule has 2 aromatic carbocycles. The fourth-order valence-corrected chi connectivity index (χ4v) is 4.63. The second-order valence-electron chi connectivity index (χ2n) is 7.02. The molecule has 0 spiro atoms. The molecule has 0 atom stereocenters. The predicted octanol–water partition coefficient (Wildman–Crippen LogP) is 4.93. The van der Waals surface area contributed by atoms with Crippen LogP contribution in [-0.2, 0) is 23.5 Å². The van der Waals surface area contributed by atoms with E-state index in [9.17, 15) is 9.18 Å². The van der Waals surface area contributed by atoms with Gasteiger partial charge in [0.1, 0.15) is 5.82 Å². The molecule has 31 heavy (non-hydrogen) atoms. The number of aromatic nitrogens is 3. The Morgan fingerprint density at radius 2 is 1.87 bits per heavy atom. The molecule has 0 fully saturated rings. The molecule has 0 saturated heterocycles. The maximum absolute atomic E-state index is 13.2.